The molecule has 0 amide bonds. The molecule has 1 aliphatic heterocycles. The molecule has 64 valence electrons. The molecule has 0 aromatic rings. The second kappa shape index (κ2) is 2.97. The summed E-state index contributed by atoms with van der Waals surface area (Å²) in [7, 11) is 0. The molecule has 11 heavy (non-hydrogen) atoms. The van der Waals surface area contributed by atoms with Crippen LogP contribution in [-0.4, -0.2) is 28.0 Å². The second-order valence-corrected chi connectivity index (χ2v) is 3.74. The number of hydrogen-bond acceptors (Lipinski definition) is 2. The summed E-state index contributed by atoms with van der Waals surface area (Å²) in [4.78, 5) is 10.0. The lowest BCUT2D eigenvalue weighted by Gasteiger charge is -2.16. The molecule has 1 unspecified atom stereocenters. The van der Waals surface area contributed by atoms with Crippen molar-refractivity contribution in [2.24, 2.45) is 0 Å². The number of carboxylic acids is 1. The van der Waals surface area contributed by atoms with Gasteiger partial charge in [-0.2, -0.15) is 20.5 Å². The third-order valence-corrected chi connectivity index (χ3v) is 3.08. The number of carbonyl (C=O) groups is 1. The maximum Gasteiger partial charge on any atom is 0.375 e. The summed E-state index contributed by atoms with van der Waals surface area (Å²) in [5.74, 6) is -4.90. The van der Waals surface area contributed by atoms with Gasteiger partial charge in [0.25, 0.3) is 0 Å². The Balaban J connectivity index is 2.62. The van der Waals surface area contributed by atoms with E-state index < -0.39 is 17.1 Å². The molecular formula is C6H8F2O2S. The van der Waals surface area contributed by atoms with E-state index in [0.29, 0.717) is 18.6 Å². The van der Waals surface area contributed by atoms with Gasteiger partial charge >= 0.3 is 11.9 Å². The van der Waals surface area contributed by atoms with Crippen LogP contribution in [0.15, 0.2) is 0 Å². The zero-order valence-corrected chi connectivity index (χ0v) is 6.53. The summed E-state index contributed by atoms with van der Waals surface area (Å²) in [6.07, 6.45) is 1.00. The fourth-order valence-electron chi connectivity index (χ4n) is 1.00. The standard InChI is InChI=1S/C6H8F2O2S/c7-6(8,5(9)10)4-2-1-3-11-4/h4H,1-3H2,(H,9,10). The lowest BCUT2D eigenvalue weighted by atomic mass is 10.1. The van der Waals surface area contributed by atoms with Crippen LogP contribution in [0.4, 0.5) is 8.78 Å². The minimum absolute atomic E-state index is 0.309. The smallest absolute Gasteiger partial charge is 0.375 e. The van der Waals surface area contributed by atoms with E-state index >= 15 is 0 Å². The molecule has 0 bridgehead atoms. The molecule has 5 heteroatoms. The van der Waals surface area contributed by atoms with E-state index in [4.69, 9.17) is 5.11 Å². The van der Waals surface area contributed by atoms with Crippen LogP contribution < -0.4 is 0 Å². The van der Waals surface area contributed by atoms with Crippen LogP contribution in [0.25, 0.3) is 0 Å². The monoisotopic (exact) mass is 182 g/mol. The average molecular weight is 182 g/mol. The van der Waals surface area contributed by atoms with Crippen molar-refractivity contribution in [3.05, 3.63) is 0 Å². The summed E-state index contributed by atoms with van der Waals surface area (Å²) < 4.78 is 25.3. The molecule has 2 nitrogen and oxygen atoms in total. The van der Waals surface area contributed by atoms with Gasteiger partial charge in [0.1, 0.15) is 0 Å². The quantitative estimate of drug-likeness (QED) is 0.704. The second-order valence-electron chi connectivity index (χ2n) is 2.43. The Hall–Kier alpha value is -0.320. The Morgan fingerprint density at radius 3 is 2.64 bits per heavy atom. The van der Waals surface area contributed by atoms with Crippen LogP contribution in [0, 0.1) is 0 Å². The predicted octanol–water partition coefficient (Wildman–Crippen LogP) is 1.60. The fraction of sp³-hybridized carbons (Fsp3) is 0.833. The van der Waals surface area contributed by atoms with Crippen LogP contribution in [0.5, 0.6) is 0 Å². The molecule has 0 saturated carbocycles. The number of thioether (sulfide) groups is 1. The van der Waals surface area contributed by atoms with Gasteiger partial charge in [0.05, 0.1) is 5.25 Å². The van der Waals surface area contributed by atoms with Crippen molar-refractivity contribution in [3.8, 4) is 0 Å². The van der Waals surface area contributed by atoms with Gasteiger partial charge in [-0.25, -0.2) is 4.79 Å². The largest absolute Gasteiger partial charge is 0.477 e. The molecule has 0 aliphatic carbocycles. The van der Waals surface area contributed by atoms with Crippen molar-refractivity contribution in [3.63, 3.8) is 0 Å². The number of hydrogen-bond donors (Lipinski definition) is 1. The van der Waals surface area contributed by atoms with Gasteiger partial charge in [0.2, 0.25) is 0 Å². The maximum atomic E-state index is 12.6. The number of carboxylic acid groups (broad SMARTS) is 1. The van der Waals surface area contributed by atoms with Gasteiger partial charge in [-0.15, -0.1) is 0 Å². The Morgan fingerprint density at radius 2 is 2.27 bits per heavy atom. The lowest BCUT2D eigenvalue weighted by molar-refractivity contribution is -0.164. The minimum Gasteiger partial charge on any atom is -0.477 e. The van der Waals surface area contributed by atoms with Crippen LogP contribution in [0.3, 0.4) is 0 Å². The Bertz CT molecular complexity index is 166. The average Bonchev–Trinajstić information content (AvgIpc) is 2.37. The fourth-order valence-corrected chi connectivity index (χ4v) is 2.26. The first kappa shape index (κ1) is 8.77. The summed E-state index contributed by atoms with van der Waals surface area (Å²) in [5, 5.41) is 7.12. The van der Waals surface area contributed by atoms with Crippen LogP contribution in [0.2, 0.25) is 0 Å². The SMILES string of the molecule is O=C(O)C(F)(F)C1CCCS1. The minimum atomic E-state index is -3.54. The van der Waals surface area contributed by atoms with Gasteiger partial charge < -0.3 is 5.11 Å². The van der Waals surface area contributed by atoms with Crippen molar-refractivity contribution in [2.75, 3.05) is 5.75 Å². The van der Waals surface area contributed by atoms with E-state index in [-0.39, 0.29) is 0 Å². The third-order valence-electron chi connectivity index (χ3n) is 1.62. The van der Waals surface area contributed by atoms with E-state index in [1.807, 2.05) is 0 Å². The molecule has 1 heterocycles. The number of aliphatic carboxylic acids is 1. The van der Waals surface area contributed by atoms with Crippen molar-refractivity contribution in [1.82, 2.24) is 0 Å². The first-order valence-electron chi connectivity index (χ1n) is 3.28. The molecule has 1 rings (SSSR count). The van der Waals surface area contributed by atoms with Crippen LogP contribution in [-0.2, 0) is 4.79 Å². The predicted molar refractivity (Wildman–Crippen MR) is 38.1 cm³/mol. The Labute approximate surface area is 67.0 Å². The normalized spacial score (nSPS) is 25.5. The molecule has 1 saturated heterocycles. The number of alkyl halides is 2. The topological polar surface area (TPSA) is 37.3 Å². The summed E-state index contributed by atoms with van der Waals surface area (Å²) in [5.41, 5.74) is 0. The van der Waals surface area contributed by atoms with E-state index in [2.05, 4.69) is 0 Å². The highest BCUT2D eigenvalue weighted by molar-refractivity contribution is 8.00. The zero-order chi connectivity index (χ0) is 8.48. The van der Waals surface area contributed by atoms with Gasteiger partial charge in [0, 0.05) is 0 Å². The molecule has 1 N–H and O–H groups in total. The summed E-state index contributed by atoms with van der Waals surface area (Å²) >= 11 is 1.05. The van der Waals surface area contributed by atoms with Crippen molar-refractivity contribution in [1.29, 1.82) is 0 Å². The highest BCUT2D eigenvalue weighted by atomic mass is 32.2. The van der Waals surface area contributed by atoms with Crippen molar-refractivity contribution >= 4 is 17.7 Å². The third kappa shape index (κ3) is 1.64. The molecule has 1 aliphatic rings. The van der Waals surface area contributed by atoms with E-state index in [9.17, 15) is 13.6 Å². The molecule has 1 atom stereocenters. The Morgan fingerprint density at radius 1 is 1.64 bits per heavy atom. The Kier molecular flexibility index (Phi) is 2.37. The van der Waals surface area contributed by atoms with E-state index in [1.54, 1.807) is 0 Å². The number of rotatable bonds is 2. The van der Waals surface area contributed by atoms with E-state index in [0.717, 1.165) is 11.8 Å². The molecule has 0 aromatic carbocycles. The molecular weight excluding hydrogens is 174 g/mol. The van der Waals surface area contributed by atoms with Crippen LogP contribution >= 0.6 is 11.8 Å². The summed E-state index contributed by atoms with van der Waals surface area (Å²) in [6, 6.07) is 0. The van der Waals surface area contributed by atoms with E-state index in [1.165, 1.54) is 0 Å². The van der Waals surface area contributed by atoms with Gasteiger partial charge in [0.15, 0.2) is 0 Å². The highest BCUT2D eigenvalue weighted by Gasteiger charge is 2.48. The molecule has 0 radical (unpaired) electrons. The maximum absolute atomic E-state index is 12.6. The van der Waals surface area contributed by atoms with Gasteiger partial charge in [-0.3, -0.25) is 0 Å². The lowest BCUT2D eigenvalue weighted by Crippen LogP contribution is -2.37. The van der Waals surface area contributed by atoms with Crippen molar-refractivity contribution in [2.45, 2.75) is 24.0 Å². The number of halogens is 2. The van der Waals surface area contributed by atoms with Crippen molar-refractivity contribution < 1.29 is 18.7 Å². The first-order valence-corrected chi connectivity index (χ1v) is 4.33. The van der Waals surface area contributed by atoms with Gasteiger partial charge in [-0.1, -0.05) is 0 Å². The summed E-state index contributed by atoms with van der Waals surface area (Å²) in [6.45, 7) is 0. The van der Waals surface area contributed by atoms with Gasteiger partial charge in [-0.05, 0) is 18.6 Å². The zero-order valence-electron chi connectivity index (χ0n) is 5.72. The molecule has 0 aromatic heterocycles. The molecule has 0 spiro atoms. The highest BCUT2D eigenvalue weighted by Crippen LogP contribution is 2.37. The van der Waals surface area contributed by atoms with Crippen LogP contribution in [0.1, 0.15) is 12.8 Å². The first-order chi connectivity index (χ1) is 5.05. The molecule has 1 fully saturated rings.